The number of hydrogen-bond donors (Lipinski definition) is 0. The van der Waals surface area contributed by atoms with E-state index in [0.717, 1.165) is 0 Å². The molecule has 1 rings (SSSR count). The molecule has 0 heteroatoms. The molecule has 0 aromatic rings. The fourth-order valence-corrected chi connectivity index (χ4v) is 2.22. The minimum Gasteiger partial charge on any atom is -0.0811 e. The maximum absolute atomic E-state index is 2.49. The highest BCUT2D eigenvalue weighted by Gasteiger charge is 2.11. The van der Waals surface area contributed by atoms with Crippen LogP contribution >= 0.6 is 0 Å². The van der Waals surface area contributed by atoms with E-state index < -0.39 is 0 Å². The zero-order valence-corrected chi connectivity index (χ0v) is 10.5. The van der Waals surface area contributed by atoms with Gasteiger partial charge in [-0.15, -0.1) is 0 Å². The van der Waals surface area contributed by atoms with Crippen molar-refractivity contribution >= 4 is 0 Å². The number of rotatable bonds is 6. The van der Waals surface area contributed by atoms with Crippen LogP contribution in [0.5, 0.6) is 0 Å². The average molecular weight is 206 g/mol. The summed E-state index contributed by atoms with van der Waals surface area (Å²) < 4.78 is 0. The Balaban J connectivity index is 2.41. The quantitative estimate of drug-likeness (QED) is 0.510. The molecular formula is C15H26. The molecule has 0 atom stereocenters. The maximum atomic E-state index is 2.49. The maximum Gasteiger partial charge on any atom is -0.0276 e. The highest BCUT2D eigenvalue weighted by atomic mass is 14.2. The summed E-state index contributed by atoms with van der Waals surface area (Å²) in [6.45, 7) is 4.54. The van der Waals surface area contributed by atoms with Crippen LogP contribution in [0.15, 0.2) is 23.3 Å². The monoisotopic (exact) mass is 206 g/mol. The van der Waals surface area contributed by atoms with Crippen molar-refractivity contribution in [2.75, 3.05) is 0 Å². The van der Waals surface area contributed by atoms with Gasteiger partial charge in [-0.3, -0.25) is 0 Å². The van der Waals surface area contributed by atoms with Gasteiger partial charge < -0.3 is 0 Å². The Morgan fingerprint density at radius 1 is 0.867 bits per heavy atom. The topological polar surface area (TPSA) is 0 Å². The Morgan fingerprint density at radius 2 is 1.33 bits per heavy atom. The molecular weight excluding hydrogens is 180 g/mol. The van der Waals surface area contributed by atoms with Gasteiger partial charge in [0.05, 0.1) is 0 Å². The van der Waals surface area contributed by atoms with Crippen molar-refractivity contribution < 1.29 is 0 Å². The molecule has 1 aliphatic carbocycles. The van der Waals surface area contributed by atoms with E-state index >= 15 is 0 Å². The molecule has 0 unspecified atom stereocenters. The van der Waals surface area contributed by atoms with Gasteiger partial charge in [-0.2, -0.15) is 0 Å². The SMILES string of the molecule is CCCC/C=C1/CCC/C1=C\CCCC. The van der Waals surface area contributed by atoms with Gasteiger partial charge in [-0.25, -0.2) is 0 Å². The summed E-state index contributed by atoms with van der Waals surface area (Å²) >= 11 is 0. The van der Waals surface area contributed by atoms with Gasteiger partial charge >= 0.3 is 0 Å². The molecule has 1 fully saturated rings. The third-order valence-corrected chi connectivity index (χ3v) is 3.20. The molecule has 0 N–H and O–H groups in total. The van der Waals surface area contributed by atoms with Crippen molar-refractivity contribution in [1.29, 1.82) is 0 Å². The predicted molar refractivity (Wildman–Crippen MR) is 69.1 cm³/mol. The molecule has 0 radical (unpaired) electrons. The lowest BCUT2D eigenvalue weighted by Crippen LogP contribution is -1.81. The molecule has 1 saturated carbocycles. The van der Waals surface area contributed by atoms with Crippen LogP contribution in [-0.2, 0) is 0 Å². The zero-order valence-electron chi connectivity index (χ0n) is 10.5. The minimum absolute atomic E-state index is 1.29. The van der Waals surface area contributed by atoms with Crippen LogP contribution in [0.2, 0.25) is 0 Å². The lowest BCUT2D eigenvalue weighted by Gasteiger charge is -2.01. The van der Waals surface area contributed by atoms with Crippen molar-refractivity contribution in [1.82, 2.24) is 0 Å². The molecule has 86 valence electrons. The van der Waals surface area contributed by atoms with Crippen LogP contribution in [0.3, 0.4) is 0 Å². The first kappa shape index (κ1) is 12.5. The smallest absolute Gasteiger partial charge is 0.0276 e. The molecule has 0 amide bonds. The van der Waals surface area contributed by atoms with E-state index in [1.807, 2.05) is 0 Å². The second kappa shape index (κ2) is 7.73. The van der Waals surface area contributed by atoms with E-state index in [0.29, 0.717) is 0 Å². The Morgan fingerprint density at radius 3 is 1.73 bits per heavy atom. The van der Waals surface area contributed by atoms with E-state index in [1.54, 1.807) is 11.1 Å². The van der Waals surface area contributed by atoms with Gasteiger partial charge in [0, 0.05) is 0 Å². The zero-order chi connectivity index (χ0) is 10.9. The molecule has 0 nitrogen and oxygen atoms in total. The summed E-state index contributed by atoms with van der Waals surface area (Å²) in [5.41, 5.74) is 3.33. The third-order valence-electron chi connectivity index (χ3n) is 3.20. The summed E-state index contributed by atoms with van der Waals surface area (Å²) in [7, 11) is 0. The highest BCUT2D eigenvalue weighted by molar-refractivity contribution is 5.34. The Bertz CT molecular complexity index is 196. The van der Waals surface area contributed by atoms with Crippen molar-refractivity contribution in [3.63, 3.8) is 0 Å². The lowest BCUT2D eigenvalue weighted by molar-refractivity contribution is 0.806. The molecule has 0 aliphatic heterocycles. The fourth-order valence-electron chi connectivity index (χ4n) is 2.22. The average Bonchev–Trinajstić information content (AvgIpc) is 2.67. The molecule has 1 aliphatic rings. The van der Waals surface area contributed by atoms with Gasteiger partial charge in [0.2, 0.25) is 0 Å². The largest absolute Gasteiger partial charge is 0.0811 e. The van der Waals surface area contributed by atoms with E-state index in [9.17, 15) is 0 Å². The Kier molecular flexibility index (Phi) is 6.47. The van der Waals surface area contributed by atoms with Crippen molar-refractivity contribution in [3.05, 3.63) is 23.3 Å². The predicted octanol–water partition coefficient (Wildman–Crippen LogP) is 5.40. The highest BCUT2D eigenvalue weighted by Crippen LogP contribution is 2.31. The van der Waals surface area contributed by atoms with Crippen LogP contribution in [0.4, 0.5) is 0 Å². The summed E-state index contributed by atoms with van der Waals surface area (Å²) in [5, 5.41) is 0. The van der Waals surface area contributed by atoms with Crippen LogP contribution in [0, 0.1) is 0 Å². The summed E-state index contributed by atoms with van der Waals surface area (Å²) in [5.74, 6) is 0. The van der Waals surface area contributed by atoms with E-state index in [2.05, 4.69) is 26.0 Å². The standard InChI is InChI=1S/C15H26/c1-3-5-7-10-14-12-9-13-15(14)11-8-6-4-2/h10-11H,3-9,12-13H2,1-2H3/b14-10-,15-11+. The Labute approximate surface area is 95.5 Å². The van der Waals surface area contributed by atoms with E-state index in [1.165, 1.54) is 57.8 Å². The van der Waals surface area contributed by atoms with Crippen LogP contribution < -0.4 is 0 Å². The van der Waals surface area contributed by atoms with Gasteiger partial charge in [-0.1, -0.05) is 51.7 Å². The lowest BCUT2D eigenvalue weighted by atomic mass is 10.1. The van der Waals surface area contributed by atoms with Crippen LogP contribution in [-0.4, -0.2) is 0 Å². The number of hydrogen-bond acceptors (Lipinski definition) is 0. The first-order valence-corrected chi connectivity index (χ1v) is 6.77. The van der Waals surface area contributed by atoms with Gasteiger partial charge in [0.25, 0.3) is 0 Å². The van der Waals surface area contributed by atoms with Crippen molar-refractivity contribution in [2.24, 2.45) is 0 Å². The first-order valence-electron chi connectivity index (χ1n) is 6.77. The molecule has 0 saturated heterocycles. The first-order chi connectivity index (χ1) is 7.38. The minimum atomic E-state index is 1.29. The van der Waals surface area contributed by atoms with E-state index in [4.69, 9.17) is 0 Å². The summed E-state index contributed by atoms with van der Waals surface area (Å²) in [6.07, 6.45) is 17.0. The van der Waals surface area contributed by atoms with Crippen LogP contribution in [0.25, 0.3) is 0 Å². The van der Waals surface area contributed by atoms with Gasteiger partial charge in [0.1, 0.15) is 0 Å². The molecule has 0 spiro atoms. The molecule has 0 bridgehead atoms. The molecule has 15 heavy (non-hydrogen) atoms. The van der Waals surface area contributed by atoms with Gasteiger partial charge in [0.15, 0.2) is 0 Å². The Hall–Kier alpha value is -0.520. The number of allylic oxidation sites excluding steroid dienone is 4. The second-order valence-corrected chi connectivity index (χ2v) is 4.60. The van der Waals surface area contributed by atoms with Crippen LogP contribution in [0.1, 0.15) is 71.6 Å². The summed E-state index contributed by atoms with van der Waals surface area (Å²) in [6, 6.07) is 0. The summed E-state index contributed by atoms with van der Waals surface area (Å²) in [4.78, 5) is 0. The normalized spacial score (nSPS) is 21.7. The van der Waals surface area contributed by atoms with Gasteiger partial charge in [-0.05, 0) is 43.3 Å². The third kappa shape index (κ3) is 4.68. The second-order valence-electron chi connectivity index (χ2n) is 4.60. The van der Waals surface area contributed by atoms with Crippen molar-refractivity contribution in [3.8, 4) is 0 Å². The molecule has 0 heterocycles. The number of unbranched alkanes of at least 4 members (excludes halogenated alkanes) is 4. The molecule has 0 aromatic carbocycles. The van der Waals surface area contributed by atoms with Crippen molar-refractivity contribution in [2.45, 2.75) is 71.6 Å². The molecule has 0 aromatic heterocycles. The van der Waals surface area contributed by atoms with E-state index in [-0.39, 0.29) is 0 Å². The fraction of sp³-hybridized carbons (Fsp3) is 0.733.